The molecule has 1 aliphatic carbocycles. The zero-order valence-electron chi connectivity index (χ0n) is 12.8. The van der Waals surface area contributed by atoms with Crippen LogP contribution in [0.2, 0.25) is 0 Å². The van der Waals surface area contributed by atoms with E-state index in [1.807, 2.05) is 6.92 Å². The molecule has 1 saturated carbocycles. The predicted molar refractivity (Wildman–Crippen MR) is 84.1 cm³/mol. The number of aryl methyl sites for hydroxylation is 1. The standard InChI is InChI=1S/C16H23NO4S/c1-12-6-9-14(10-7-12)22(20,21)17-15-5-3-2-4-13(15)8-11-16(18)19/h6-7,9-10,13,15,17H,2-5,8,11H2,1H3,(H,18,19). The van der Waals surface area contributed by atoms with Gasteiger partial charge in [0, 0.05) is 12.5 Å². The SMILES string of the molecule is Cc1ccc(S(=O)(=O)NC2CCCCC2CCC(=O)O)cc1. The molecule has 22 heavy (non-hydrogen) atoms. The Balaban J connectivity index is 2.08. The van der Waals surface area contributed by atoms with Crippen LogP contribution in [0.25, 0.3) is 0 Å². The van der Waals surface area contributed by atoms with Crippen LogP contribution in [0.5, 0.6) is 0 Å². The lowest BCUT2D eigenvalue weighted by Gasteiger charge is -2.31. The van der Waals surface area contributed by atoms with Gasteiger partial charge in [-0.25, -0.2) is 13.1 Å². The van der Waals surface area contributed by atoms with Crippen molar-refractivity contribution in [1.29, 1.82) is 0 Å². The summed E-state index contributed by atoms with van der Waals surface area (Å²) in [5, 5.41) is 8.83. The van der Waals surface area contributed by atoms with Crippen molar-refractivity contribution >= 4 is 16.0 Å². The highest BCUT2D eigenvalue weighted by Gasteiger charge is 2.29. The van der Waals surface area contributed by atoms with Gasteiger partial charge in [0.1, 0.15) is 0 Å². The van der Waals surface area contributed by atoms with Gasteiger partial charge in [-0.1, -0.05) is 30.5 Å². The van der Waals surface area contributed by atoms with Gasteiger partial charge in [0.05, 0.1) is 4.90 Å². The van der Waals surface area contributed by atoms with Gasteiger partial charge in [-0.2, -0.15) is 0 Å². The molecule has 2 N–H and O–H groups in total. The highest BCUT2D eigenvalue weighted by Crippen LogP contribution is 2.29. The molecule has 2 rings (SSSR count). The van der Waals surface area contributed by atoms with Crippen LogP contribution in [0.15, 0.2) is 29.2 Å². The van der Waals surface area contributed by atoms with Crippen LogP contribution in [0.4, 0.5) is 0 Å². The van der Waals surface area contributed by atoms with Crippen molar-refractivity contribution in [3.05, 3.63) is 29.8 Å². The second-order valence-corrected chi connectivity index (χ2v) is 7.73. The lowest BCUT2D eigenvalue weighted by molar-refractivity contribution is -0.137. The van der Waals surface area contributed by atoms with Crippen LogP contribution in [0.3, 0.4) is 0 Å². The van der Waals surface area contributed by atoms with Crippen LogP contribution >= 0.6 is 0 Å². The number of carbonyl (C=O) groups is 1. The summed E-state index contributed by atoms with van der Waals surface area (Å²) in [6.07, 6.45) is 4.28. The second kappa shape index (κ2) is 7.24. The third-order valence-electron chi connectivity index (χ3n) is 4.28. The Kier molecular flexibility index (Phi) is 5.58. The van der Waals surface area contributed by atoms with E-state index in [1.54, 1.807) is 24.3 Å². The molecule has 0 amide bonds. The Labute approximate surface area is 131 Å². The van der Waals surface area contributed by atoms with Gasteiger partial charge in [-0.15, -0.1) is 0 Å². The molecule has 1 aliphatic rings. The minimum atomic E-state index is -3.55. The number of nitrogens with one attached hydrogen (secondary N) is 1. The molecular formula is C16H23NO4S. The molecule has 0 heterocycles. The van der Waals surface area contributed by atoms with Crippen LogP contribution in [-0.2, 0) is 14.8 Å². The number of hydrogen-bond donors (Lipinski definition) is 2. The fourth-order valence-electron chi connectivity index (χ4n) is 3.00. The summed E-state index contributed by atoms with van der Waals surface area (Å²) in [5.41, 5.74) is 1.01. The molecule has 0 radical (unpaired) electrons. The molecule has 0 spiro atoms. The summed E-state index contributed by atoms with van der Waals surface area (Å²) in [5.74, 6) is -0.726. The number of rotatable bonds is 6. The van der Waals surface area contributed by atoms with Crippen molar-refractivity contribution in [2.24, 2.45) is 5.92 Å². The largest absolute Gasteiger partial charge is 0.481 e. The van der Waals surface area contributed by atoms with Crippen molar-refractivity contribution < 1.29 is 18.3 Å². The molecule has 1 fully saturated rings. The van der Waals surface area contributed by atoms with Crippen molar-refractivity contribution in [1.82, 2.24) is 4.72 Å². The van der Waals surface area contributed by atoms with E-state index in [-0.39, 0.29) is 23.3 Å². The average Bonchev–Trinajstić information content (AvgIpc) is 2.46. The maximum atomic E-state index is 12.5. The number of aliphatic carboxylic acids is 1. The zero-order chi connectivity index (χ0) is 16.2. The highest BCUT2D eigenvalue weighted by atomic mass is 32.2. The minimum absolute atomic E-state index is 0.0907. The van der Waals surface area contributed by atoms with Crippen molar-refractivity contribution in [3.8, 4) is 0 Å². The van der Waals surface area contributed by atoms with E-state index < -0.39 is 16.0 Å². The van der Waals surface area contributed by atoms with E-state index in [4.69, 9.17) is 5.11 Å². The van der Waals surface area contributed by atoms with Crippen molar-refractivity contribution in [2.45, 2.75) is 56.4 Å². The summed E-state index contributed by atoms with van der Waals surface area (Å²) in [4.78, 5) is 11.0. The molecule has 5 nitrogen and oxygen atoms in total. The first-order chi connectivity index (χ1) is 10.4. The summed E-state index contributed by atoms with van der Waals surface area (Å²) in [6, 6.07) is 6.59. The van der Waals surface area contributed by atoms with Crippen LogP contribution < -0.4 is 4.72 Å². The topological polar surface area (TPSA) is 83.5 Å². The van der Waals surface area contributed by atoms with Crippen molar-refractivity contribution in [3.63, 3.8) is 0 Å². The molecule has 122 valence electrons. The van der Waals surface area contributed by atoms with Gasteiger partial charge in [0.2, 0.25) is 10.0 Å². The number of carboxylic acids is 1. The van der Waals surface area contributed by atoms with E-state index >= 15 is 0 Å². The molecule has 6 heteroatoms. The molecular weight excluding hydrogens is 302 g/mol. The highest BCUT2D eigenvalue weighted by molar-refractivity contribution is 7.89. The number of hydrogen-bond acceptors (Lipinski definition) is 3. The molecule has 0 aromatic heterocycles. The van der Waals surface area contributed by atoms with Gasteiger partial charge < -0.3 is 5.11 Å². The Bertz CT molecular complexity index is 610. The number of carboxylic acid groups (broad SMARTS) is 1. The monoisotopic (exact) mass is 325 g/mol. The van der Waals surface area contributed by atoms with Crippen LogP contribution in [0.1, 0.15) is 44.1 Å². The Morgan fingerprint density at radius 3 is 2.50 bits per heavy atom. The maximum absolute atomic E-state index is 12.5. The molecule has 1 aromatic carbocycles. The first-order valence-electron chi connectivity index (χ1n) is 7.69. The molecule has 2 unspecified atom stereocenters. The summed E-state index contributed by atoms with van der Waals surface area (Å²) in [6.45, 7) is 1.91. The Morgan fingerprint density at radius 1 is 1.23 bits per heavy atom. The molecule has 0 saturated heterocycles. The van der Waals surface area contributed by atoms with Gasteiger partial charge in [0.15, 0.2) is 0 Å². The van der Waals surface area contributed by atoms with E-state index in [1.165, 1.54) is 0 Å². The second-order valence-electron chi connectivity index (χ2n) is 6.02. The summed E-state index contributed by atoms with van der Waals surface area (Å²) >= 11 is 0. The van der Waals surface area contributed by atoms with E-state index in [9.17, 15) is 13.2 Å². The van der Waals surface area contributed by atoms with Crippen LogP contribution in [0, 0.1) is 12.8 Å². The third kappa shape index (κ3) is 4.55. The first-order valence-corrected chi connectivity index (χ1v) is 9.17. The Hall–Kier alpha value is -1.40. The summed E-state index contributed by atoms with van der Waals surface area (Å²) < 4.78 is 27.7. The van der Waals surface area contributed by atoms with E-state index in [2.05, 4.69) is 4.72 Å². The Morgan fingerprint density at radius 2 is 1.86 bits per heavy atom. The van der Waals surface area contributed by atoms with Crippen LogP contribution in [-0.4, -0.2) is 25.5 Å². The summed E-state index contributed by atoms with van der Waals surface area (Å²) in [7, 11) is -3.55. The normalized spacial score (nSPS) is 22.4. The maximum Gasteiger partial charge on any atom is 0.303 e. The van der Waals surface area contributed by atoms with Gasteiger partial charge in [0.25, 0.3) is 0 Å². The number of benzene rings is 1. The fraction of sp³-hybridized carbons (Fsp3) is 0.562. The minimum Gasteiger partial charge on any atom is -0.481 e. The zero-order valence-corrected chi connectivity index (χ0v) is 13.6. The molecule has 2 atom stereocenters. The van der Waals surface area contributed by atoms with Gasteiger partial charge in [-0.05, 0) is 44.2 Å². The van der Waals surface area contributed by atoms with E-state index in [0.29, 0.717) is 6.42 Å². The number of sulfonamides is 1. The van der Waals surface area contributed by atoms with Gasteiger partial charge >= 0.3 is 5.97 Å². The molecule has 0 bridgehead atoms. The molecule has 1 aromatic rings. The van der Waals surface area contributed by atoms with Crippen molar-refractivity contribution in [2.75, 3.05) is 0 Å². The quantitative estimate of drug-likeness (QED) is 0.842. The lowest BCUT2D eigenvalue weighted by Crippen LogP contribution is -2.42. The lowest BCUT2D eigenvalue weighted by atomic mass is 9.82. The predicted octanol–water partition coefficient (Wildman–Crippen LogP) is 2.70. The fourth-order valence-corrected chi connectivity index (χ4v) is 4.34. The average molecular weight is 325 g/mol. The van der Waals surface area contributed by atoms with E-state index in [0.717, 1.165) is 31.2 Å². The third-order valence-corrected chi connectivity index (χ3v) is 5.78. The van der Waals surface area contributed by atoms with Gasteiger partial charge in [-0.3, -0.25) is 4.79 Å². The molecule has 0 aliphatic heterocycles. The first kappa shape index (κ1) is 17.0. The smallest absolute Gasteiger partial charge is 0.303 e.